The molecular formula is C13H21NO3S. The zero-order valence-electron chi connectivity index (χ0n) is 10.9. The van der Waals surface area contributed by atoms with E-state index < -0.39 is 5.97 Å². The van der Waals surface area contributed by atoms with Crippen LogP contribution in [0.2, 0.25) is 0 Å². The molecule has 2 N–H and O–H groups in total. The molecule has 0 amide bonds. The number of aromatic carboxylic acids is 1. The van der Waals surface area contributed by atoms with Crippen molar-refractivity contribution < 1.29 is 14.6 Å². The highest BCUT2D eigenvalue weighted by Gasteiger charge is 2.05. The molecule has 0 spiro atoms. The number of hydrogen-bond donors (Lipinski definition) is 2. The minimum Gasteiger partial charge on any atom is -0.478 e. The van der Waals surface area contributed by atoms with Crippen LogP contribution in [0.1, 0.15) is 41.9 Å². The highest BCUT2D eigenvalue weighted by molar-refractivity contribution is 7.10. The van der Waals surface area contributed by atoms with Gasteiger partial charge >= 0.3 is 5.97 Å². The van der Waals surface area contributed by atoms with Gasteiger partial charge in [-0.25, -0.2) is 4.79 Å². The third-order valence-electron chi connectivity index (χ3n) is 2.40. The van der Waals surface area contributed by atoms with Crippen molar-refractivity contribution >= 4 is 17.3 Å². The molecule has 0 aliphatic heterocycles. The van der Waals surface area contributed by atoms with Crippen LogP contribution in [0.4, 0.5) is 0 Å². The van der Waals surface area contributed by atoms with Gasteiger partial charge in [0.1, 0.15) is 0 Å². The first kappa shape index (κ1) is 15.1. The molecule has 0 bridgehead atoms. The summed E-state index contributed by atoms with van der Waals surface area (Å²) in [5.41, 5.74) is 0.377. The normalized spacial score (nSPS) is 11.1. The van der Waals surface area contributed by atoms with Crippen molar-refractivity contribution in [3.05, 3.63) is 21.9 Å². The van der Waals surface area contributed by atoms with E-state index in [0.29, 0.717) is 11.7 Å². The van der Waals surface area contributed by atoms with Gasteiger partial charge in [-0.3, -0.25) is 0 Å². The summed E-state index contributed by atoms with van der Waals surface area (Å²) in [6, 6.07) is 1.72. The maximum atomic E-state index is 10.7. The highest BCUT2D eigenvalue weighted by atomic mass is 32.1. The Hall–Kier alpha value is -0.910. The van der Waals surface area contributed by atoms with Crippen LogP contribution in [0.25, 0.3) is 0 Å². The van der Waals surface area contributed by atoms with Gasteiger partial charge in [0.25, 0.3) is 0 Å². The van der Waals surface area contributed by atoms with Gasteiger partial charge in [-0.1, -0.05) is 0 Å². The Bertz CT molecular complexity index is 363. The molecule has 1 heterocycles. The summed E-state index contributed by atoms with van der Waals surface area (Å²) in [7, 11) is 0. The van der Waals surface area contributed by atoms with Gasteiger partial charge in [0.15, 0.2) is 0 Å². The minimum atomic E-state index is -0.858. The lowest BCUT2D eigenvalue weighted by Crippen LogP contribution is -2.15. The molecule has 18 heavy (non-hydrogen) atoms. The van der Waals surface area contributed by atoms with Gasteiger partial charge < -0.3 is 15.2 Å². The van der Waals surface area contributed by atoms with E-state index in [1.165, 1.54) is 11.3 Å². The van der Waals surface area contributed by atoms with Crippen molar-refractivity contribution in [2.75, 3.05) is 13.2 Å². The van der Waals surface area contributed by atoms with Crippen LogP contribution >= 0.6 is 11.3 Å². The lowest BCUT2D eigenvalue weighted by atomic mass is 10.3. The van der Waals surface area contributed by atoms with E-state index in [1.807, 2.05) is 13.8 Å². The van der Waals surface area contributed by atoms with Gasteiger partial charge in [-0.15, -0.1) is 11.3 Å². The molecule has 0 aliphatic carbocycles. The summed E-state index contributed by atoms with van der Waals surface area (Å²) in [5, 5.41) is 13.8. The Balaban J connectivity index is 2.05. The molecule has 0 aromatic carbocycles. The van der Waals surface area contributed by atoms with Crippen molar-refractivity contribution in [2.24, 2.45) is 0 Å². The first-order valence-electron chi connectivity index (χ1n) is 6.22. The van der Waals surface area contributed by atoms with Crippen molar-refractivity contribution in [3.63, 3.8) is 0 Å². The van der Waals surface area contributed by atoms with Gasteiger partial charge in [0, 0.05) is 23.4 Å². The number of ether oxygens (including phenoxy) is 1. The maximum absolute atomic E-state index is 10.7. The molecule has 5 heteroatoms. The minimum absolute atomic E-state index is 0.304. The highest BCUT2D eigenvalue weighted by Crippen LogP contribution is 2.14. The number of nitrogens with one attached hydrogen (secondary N) is 1. The maximum Gasteiger partial charge on any atom is 0.336 e. The standard InChI is InChI=1S/C13H21NO3S/c1-10(2)17-6-4-3-5-14-8-12-7-11(9-18-12)13(15)16/h7,9-10,14H,3-6,8H2,1-2H3,(H,15,16). The van der Waals surface area contributed by atoms with Crippen LogP contribution in [-0.4, -0.2) is 30.3 Å². The summed E-state index contributed by atoms with van der Waals surface area (Å²) in [5.74, 6) is -0.858. The molecule has 0 atom stereocenters. The first-order valence-corrected chi connectivity index (χ1v) is 7.10. The molecule has 102 valence electrons. The molecule has 0 aliphatic rings. The fourth-order valence-electron chi connectivity index (χ4n) is 1.47. The van der Waals surface area contributed by atoms with Crippen molar-refractivity contribution in [3.8, 4) is 0 Å². The molecule has 4 nitrogen and oxygen atoms in total. The largest absolute Gasteiger partial charge is 0.478 e. The monoisotopic (exact) mass is 271 g/mol. The zero-order valence-corrected chi connectivity index (χ0v) is 11.8. The van der Waals surface area contributed by atoms with Crippen LogP contribution in [-0.2, 0) is 11.3 Å². The van der Waals surface area contributed by atoms with Crippen molar-refractivity contribution in [1.29, 1.82) is 0 Å². The molecule has 1 aromatic rings. The van der Waals surface area contributed by atoms with Crippen LogP contribution in [0.15, 0.2) is 11.4 Å². The molecule has 1 rings (SSSR count). The lowest BCUT2D eigenvalue weighted by molar-refractivity contribution is 0.0697. The Kier molecular flexibility index (Phi) is 6.93. The van der Waals surface area contributed by atoms with Crippen molar-refractivity contribution in [2.45, 2.75) is 39.3 Å². The SMILES string of the molecule is CC(C)OCCCCNCc1cc(C(=O)O)cs1. The van der Waals surface area contributed by atoms with E-state index in [9.17, 15) is 4.79 Å². The van der Waals surface area contributed by atoms with E-state index in [2.05, 4.69) is 5.32 Å². The van der Waals surface area contributed by atoms with Crippen LogP contribution in [0.3, 0.4) is 0 Å². The Morgan fingerprint density at radius 1 is 1.50 bits per heavy atom. The number of carboxylic acids is 1. The second kappa shape index (κ2) is 8.24. The fraction of sp³-hybridized carbons (Fsp3) is 0.615. The summed E-state index contributed by atoms with van der Waals surface area (Å²) in [6.07, 6.45) is 2.43. The first-order chi connectivity index (χ1) is 8.59. The van der Waals surface area contributed by atoms with E-state index in [0.717, 1.165) is 37.4 Å². The predicted octanol–water partition coefficient (Wildman–Crippen LogP) is 2.74. The molecule has 0 fully saturated rings. The Morgan fingerprint density at radius 2 is 2.28 bits per heavy atom. The third kappa shape index (κ3) is 6.14. The topological polar surface area (TPSA) is 58.6 Å². The number of unbranched alkanes of at least 4 members (excludes halogenated alkanes) is 1. The smallest absolute Gasteiger partial charge is 0.336 e. The van der Waals surface area contributed by atoms with E-state index in [-0.39, 0.29) is 0 Å². The summed E-state index contributed by atoms with van der Waals surface area (Å²) in [4.78, 5) is 11.8. The van der Waals surface area contributed by atoms with Gasteiger partial charge in [-0.05, 0) is 39.3 Å². The quantitative estimate of drug-likeness (QED) is 0.678. The number of hydrogen-bond acceptors (Lipinski definition) is 4. The van der Waals surface area contributed by atoms with E-state index in [4.69, 9.17) is 9.84 Å². The Labute approximate surface area is 112 Å². The molecule has 0 radical (unpaired) electrons. The summed E-state index contributed by atoms with van der Waals surface area (Å²) >= 11 is 1.48. The Morgan fingerprint density at radius 3 is 2.89 bits per heavy atom. The lowest BCUT2D eigenvalue weighted by Gasteiger charge is -2.07. The van der Waals surface area contributed by atoms with E-state index in [1.54, 1.807) is 11.4 Å². The number of thiophene rings is 1. The second-order valence-corrected chi connectivity index (χ2v) is 5.41. The zero-order chi connectivity index (χ0) is 13.4. The number of carboxylic acid groups (broad SMARTS) is 1. The number of rotatable bonds is 9. The van der Waals surface area contributed by atoms with E-state index >= 15 is 0 Å². The fourth-order valence-corrected chi connectivity index (χ4v) is 2.30. The average Bonchev–Trinajstić information content (AvgIpc) is 2.76. The number of carbonyl (C=O) groups is 1. The molecular weight excluding hydrogens is 250 g/mol. The predicted molar refractivity (Wildman–Crippen MR) is 73.3 cm³/mol. The van der Waals surface area contributed by atoms with Crippen molar-refractivity contribution in [1.82, 2.24) is 5.32 Å². The second-order valence-electron chi connectivity index (χ2n) is 4.41. The van der Waals surface area contributed by atoms with Gasteiger partial charge in [0.05, 0.1) is 11.7 Å². The molecule has 0 saturated heterocycles. The van der Waals surface area contributed by atoms with Gasteiger partial charge in [-0.2, -0.15) is 0 Å². The average molecular weight is 271 g/mol. The molecule has 1 aromatic heterocycles. The van der Waals surface area contributed by atoms with Gasteiger partial charge in [0.2, 0.25) is 0 Å². The molecule has 0 saturated carbocycles. The third-order valence-corrected chi connectivity index (χ3v) is 3.34. The molecule has 0 unspecified atom stereocenters. The van der Waals surface area contributed by atoms with Crippen LogP contribution in [0, 0.1) is 0 Å². The van der Waals surface area contributed by atoms with Crippen LogP contribution < -0.4 is 5.32 Å². The summed E-state index contributed by atoms with van der Waals surface area (Å²) < 4.78 is 5.45. The van der Waals surface area contributed by atoms with Crippen LogP contribution in [0.5, 0.6) is 0 Å². The summed E-state index contributed by atoms with van der Waals surface area (Å²) in [6.45, 7) is 6.55.